The monoisotopic (exact) mass is 395 g/mol. The predicted molar refractivity (Wildman–Crippen MR) is 113 cm³/mol. The van der Waals surface area contributed by atoms with Crippen molar-refractivity contribution in [2.24, 2.45) is 0 Å². The summed E-state index contributed by atoms with van der Waals surface area (Å²) in [6.07, 6.45) is 0.501. The molecular weight excluding hydrogens is 368 g/mol. The number of nitrogens with one attached hydrogen (secondary N) is 1. The lowest BCUT2D eigenvalue weighted by atomic mass is 10.1. The molecule has 1 unspecified atom stereocenters. The summed E-state index contributed by atoms with van der Waals surface area (Å²) in [5.41, 5.74) is 3.33. The van der Waals surface area contributed by atoms with Gasteiger partial charge in [0.2, 0.25) is 4.77 Å². The fourth-order valence-electron chi connectivity index (χ4n) is 3.94. The van der Waals surface area contributed by atoms with Crippen LogP contribution < -0.4 is 4.90 Å². The van der Waals surface area contributed by atoms with Gasteiger partial charge < -0.3 is 9.64 Å². The van der Waals surface area contributed by atoms with E-state index >= 15 is 0 Å². The van der Waals surface area contributed by atoms with Gasteiger partial charge in [0, 0.05) is 11.3 Å². The number of nitrogens with zero attached hydrogens (tertiary/aromatic N) is 3. The van der Waals surface area contributed by atoms with Gasteiger partial charge in [-0.2, -0.15) is 4.68 Å². The Morgan fingerprint density at radius 3 is 2.32 bits per heavy atom. The number of ether oxygens (including phenoxy) is 1. The van der Waals surface area contributed by atoms with Gasteiger partial charge in [-0.1, -0.05) is 48.0 Å². The van der Waals surface area contributed by atoms with Crippen LogP contribution in [0.25, 0.3) is 17.1 Å². The Bertz CT molecular complexity index is 984. The van der Waals surface area contributed by atoms with E-state index in [1.54, 1.807) is 0 Å². The highest BCUT2D eigenvalue weighted by Crippen LogP contribution is 2.23. The lowest BCUT2D eigenvalue weighted by Gasteiger charge is -2.32. The summed E-state index contributed by atoms with van der Waals surface area (Å²) in [4.78, 5) is 1.44. The lowest BCUT2D eigenvalue weighted by Crippen LogP contribution is -3.14. The summed E-state index contributed by atoms with van der Waals surface area (Å²) in [5, 5.41) is 4.94. The van der Waals surface area contributed by atoms with Crippen molar-refractivity contribution in [1.82, 2.24) is 14.3 Å². The Hall–Kier alpha value is -2.28. The van der Waals surface area contributed by atoms with Crippen LogP contribution in [0.15, 0.2) is 54.6 Å². The Morgan fingerprint density at radius 1 is 1.04 bits per heavy atom. The molecule has 6 heteroatoms. The van der Waals surface area contributed by atoms with Crippen LogP contribution in [0.1, 0.15) is 19.4 Å². The average molecular weight is 396 g/mol. The van der Waals surface area contributed by atoms with Crippen LogP contribution >= 0.6 is 12.2 Å². The van der Waals surface area contributed by atoms with Crippen molar-refractivity contribution in [3.8, 4) is 17.1 Å². The number of hydrogen-bond acceptors (Lipinski definition) is 3. The molecule has 146 valence electrons. The summed E-state index contributed by atoms with van der Waals surface area (Å²) < 4.78 is 10.7. The molecule has 0 spiro atoms. The molecule has 4 rings (SSSR count). The van der Waals surface area contributed by atoms with Crippen LogP contribution in [0, 0.1) is 11.7 Å². The quantitative estimate of drug-likeness (QED) is 0.690. The van der Waals surface area contributed by atoms with E-state index in [-0.39, 0.29) is 12.2 Å². The zero-order valence-electron chi connectivity index (χ0n) is 16.6. The standard InChI is InChI=1S/C22H26N4OS/c1-16-9-11-19(12-10-16)21-23-25(15-24-13-17(2)27-18(3)14-24)22(28)26(21)20-7-5-4-6-8-20/h4-12,17-18H,13-15H2,1-3H3/p+1/t17-,18+. The van der Waals surface area contributed by atoms with Crippen molar-refractivity contribution in [2.45, 2.75) is 39.6 Å². The molecule has 0 radical (unpaired) electrons. The van der Waals surface area contributed by atoms with Gasteiger partial charge in [0.1, 0.15) is 25.3 Å². The zero-order chi connectivity index (χ0) is 19.7. The summed E-state index contributed by atoms with van der Waals surface area (Å²) in [6.45, 7) is 9.03. The van der Waals surface area contributed by atoms with Crippen LogP contribution in [0.4, 0.5) is 0 Å². The smallest absolute Gasteiger partial charge is 0.207 e. The van der Waals surface area contributed by atoms with Crippen molar-refractivity contribution in [1.29, 1.82) is 0 Å². The van der Waals surface area contributed by atoms with E-state index in [9.17, 15) is 0 Å². The molecule has 28 heavy (non-hydrogen) atoms. The number of hydrogen-bond donors (Lipinski definition) is 1. The molecule has 2 aromatic carbocycles. The first-order valence-corrected chi connectivity index (χ1v) is 10.2. The molecule has 3 atom stereocenters. The Labute approximate surface area is 171 Å². The topological polar surface area (TPSA) is 36.4 Å². The maximum atomic E-state index is 5.88. The predicted octanol–water partition coefficient (Wildman–Crippen LogP) is 3.03. The van der Waals surface area contributed by atoms with Crippen LogP contribution in [0.3, 0.4) is 0 Å². The number of morpholine rings is 1. The van der Waals surface area contributed by atoms with E-state index in [1.165, 1.54) is 10.5 Å². The third kappa shape index (κ3) is 3.94. The molecule has 5 nitrogen and oxygen atoms in total. The molecule has 2 heterocycles. The Kier molecular flexibility index (Phi) is 5.44. The van der Waals surface area contributed by atoms with Gasteiger partial charge in [0.25, 0.3) is 0 Å². The van der Waals surface area contributed by atoms with Crippen molar-refractivity contribution < 1.29 is 9.64 Å². The van der Waals surface area contributed by atoms with Gasteiger partial charge in [-0.25, -0.2) is 0 Å². The SMILES string of the molecule is Cc1ccc(-c2nn(C[NH+]3C[C@@H](C)O[C@@H](C)C3)c(=S)n2-c2ccccc2)cc1. The number of quaternary nitrogens is 1. The second-order valence-corrected chi connectivity index (χ2v) is 8.08. The van der Waals surface area contributed by atoms with Crippen molar-refractivity contribution in [3.05, 3.63) is 64.9 Å². The molecule has 1 saturated heterocycles. The molecule has 1 fully saturated rings. The highest BCUT2D eigenvalue weighted by Gasteiger charge is 2.27. The number of rotatable bonds is 4. The molecule has 0 aliphatic carbocycles. The minimum atomic E-state index is 0.251. The molecule has 1 N–H and O–H groups in total. The van der Waals surface area contributed by atoms with E-state index in [0.717, 1.165) is 41.6 Å². The van der Waals surface area contributed by atoms with Gasteiger partial charge >= 0.3 is 0 Å². The fourth-order valence-corrected chi connectivity index (χ4v) is 4.24. The Morgan fingerprint density at radius 2 is 1.68 bits per heavy atom. The summed E-state index contributed by atoms with van der Waals surface area (Å²) in [7, 11) is 0. The van der Waals surface area contributed by atoms with E-state index in [2.05, 4.69) is 61.7 Å². The van der Waals surface area contributed by atoms with Gasteiger partial charge in [-0.05, 0) is 45.1 Å². The molecular formula is C22H27N4OS+. The number of aromatic nitrogens is 3. The van der Waals surface area contributed by atoms with E-state index in [1.807, 2.05) is 22.9 Å². The van der Waals surface area contributed by atoms with Crippen molar-refractivity contribution in [2.75, 3.05) is 13.1 Å². The van der Waals surface area contributed by atoms with Gasteiger partial charge in [0.05, 0.1) is 0 Å². The van der Waals surface area contributed by atoms with E-state index in [4.69, 9.17) is 22.1 Å². The molecule has 1 aromatic heterocycles. The first-order chi connectivity index (χ1) is 13.5. The second kappa shape index (κ2) is 7.99. The van der Waals surface area contributed by atoms with Crippen LogP contribution in [-0.2, 0) is 11.4 Å². The van der Waals surface area contributed by atoms with Crippen LogP contribution in [0.5, 0.6) is 0 Å². The first-order valence-electron chi connectivity index (χ1n) is 9.82. The van der Waals surface area contributed by atoms with Crippen LogP contribution in [0.2, 0.25) is 0 Å². The van der Waals surface area contributed by atoms with Crippen LogP contribution in [-0.4, -0.2) is 39.6 Å². The van der Waals surface area contributed by atoms with Gasteiger partial charge in [-0.3, -0.25) is 4.57 Å². The van der Waals surface area contributed by atoms with Crippen molar-refractivity contribution in [3.63, 3.8) is 0 Å². The van der Waals surface area contributed by atoms with E-state index < -0.39 is 0 Å². The molecule has 1 aliphatic rings. The lowest BCUT2D eigenvalue weighted by molar-refractivity contribution is -0.937. The molecule has 1 aliphatic heterocycles. The third-order valence-electron chi connectivity index (χ3n) is 5.15. The fraction of sp³-hybridized carbons (Fsp3) is 0.364. The molecule has 0 bridgehead atoms. The van der Waals surface area contributed by atoms with Gasteiger partial charge in [-0.15, -0.1) is 5.10 Å². The summed E-state index contributed by atoms with van der Waals surface area (Å²) in [6, 6.07) is 18.7. The molecule has 0 saturated carbocycles. The molecule has 0 amide bonds. The second-order valence-electron chi connectivity index (χ2n) is 7.72. The molecule has 3 aromatic rings. The highest BCUT2D eigenvalue weighted by molar-refractivity contribution is 7.71. The summed E-state index contributed by atoms with van der Waals surface area (Å²) in [5.74, 6) is 0.880. The first kappa shape index (κ1) is 19.1. The summed E-state index contributed by atoms with van der Waals surface area (Å²) >= 11 is 5.87. The highest BCUT2D eigenvalue weighted by atomic mass is 32.1. The maximum Gasteiger partial charge on any atom is 0.207 e. The minimum Gasteiger partial charge on any atom is -0.364 e. The average Bonchev–Trinajstić information content (AvgIpc) is 2.98. The normalized spacial score (nSPS) is 22.3. The zero-order valence-corrected chi connectivity index (χ0v) is 17.4. The Balaban J connectivity index is 1.76. The number of benzene rings is 2. The number of para-hydroxylation sites is 1. The third-order valence-corrected chi connectivity index (χ3v) is 5.55. The number of aryl methyl sites for hydroxylation is 1. The van der Waals surface area contributed by atoms with Crippen molar-refractivity contribution >= 4 is 12.2 Å². The minimum absolute atomic E-state index is 0.251. The largest absolute Gasteiger partial charge is 0.364 e. The maximum absolute atomic E-state index is 5.88. The van der Waals surface area contributed by atoms with Gasteiger partial charge in [0.15, 0.2) is 12.5 Å². The van der Waals surface area contributed by atoms with E-state index in [0.29, 0.717) is 0 Å².